The van der Waals surface area contributed by atoms with Crippen LogP contribution in [0.4, 0.5) is 19.0 Å². The van der Waals surface area contributed by atoms with Gasteiger partial charge < -0.3 is 19.1 Å². The van der Waals surface area contributed by atoms with Crippen molar-refractivity contribution in [1.29, 1.82) is 0 Å². The van der Waals surface area contributed by atoms with E-state index in [1.165, 1.54) is 6.07 Å². The summed E-state index contributed by atoms with van der Waals surface area (Å²) >= 11 is 0. The van der Waals surface area contributed by atoms with Crippen LogP contribution >= 0.6 is 0 Å². The Labute approximate surface area is 222 Å². The van der Waals surface area contributed by atoms with Crippen molar-refractivity contribution in [3.05, 3.63) is 51.9 Å². The second-order valence-electron chi connectivity index (χ2n) is 11.3. The summed E-state index contributed by atoms with van der Waals surface area (Å²) in [6.07, 6.45) is -3.37. The van der Waals surface area contributed by atoms with Crippen LogP contribution < -0.4 is 24.7 Å². The van der Waals surface area contributed by atoms with Gasteiger partial charge in [-0.05, 0) is 43.5 Å². The molecular formula is C22H26B5F3N4O4. The summed E-state index contributed by atoms with van der Waals surface area (Å²) in [4.78, 5) is 18.0. The quantitative estimate of drug-likeness (QED) is 0.371. The van der Waals surface area contributed by atoms with Gasteiger partial charge in [0, 0.05) is 25.2 Å². The Balaban J connectivity index is 1.32. The van der Waals surface area contributed by atoms with Crippen molar-refractivity contribution in [2.75, 3.05) is 18.0 Å². The van der Waals surface area contributed by atoms with E-state index in [2.05, 4.69) is 10.1 Å². The average molecular weight is 522 g/mol. The largest absolute Gasteiger partial charge is 0.499 e. The fourth-order valence-electron chi connectivity index (χ4n) is 4.67. The van der Waals surface area contributed by atoms with Crippen LogP contribution in [-0.2, 0) is 6.18 Å². The van der Waals surface area contributed by atoms with E-state index in [9.17, 15) is 18.0 Å². The number of aryl methyl sites for hydroxylation is 1. The van der Waals surface area contributed by atoms with Crippen LogP contribution in [0.15, 0.2) is 35.1 Å². The highest BCUT2D eigenvalue weighted by atomic mass is 19.4. The normalized spacial score (nSPS) is 19.7. The van der Waals surface area contributed by atoms with Gasteiger partial charge in [0.15, 0.2) is 36.5 Å². The fraction of sp³-hybridized carbons (Fsp3) is 0.409. The predicted octanol–water partition coefficient (Wildman–Crippen LogP) is -1.96. The number of rotatable bonds is 3. The van der Waals surface area contributed by atoms with E-state index in [0.717, 1.165) is 4.52 Å². The van der Waals surface area contributed by atoms with Gasteiger partial charge in [-0.15, -0.1) is 5.10 Å². The summed E-state index contributed by atoms with van der Waals surface area (Å²) in [5, 5.41) is 3.34. The molecule has 0 radical (unpaired) electrons. The summed E-state index contributed by atoms with van der Waals surface area (Å²) in [6, 6.07) is 7.51. The number of anilines is 1. The van der Waals surface area contributed by atoms with Gasteiger partial charge in [0.25, 0.3) is 5.56 Å². The van der Waals surface area contributed by atoms with E-state index >= 15 is 0 Å². The lowest BCUT2D eigenvalue weighted by Gasteiger charge is -2.47. The molecule has 0 amide bonds. The third-order valence-corrected chi connectivity index (χ3v) is 7.68. The van der Waals surface area contributed by atoms with Crippen LogP contribution in [0.1, 0.15) is 24.1 Å². The van der Waals surface area contributed by atoms with E-state index in [-0.39, 0.29) is 5.65 Å². The SMILES string of the molecule is BC1(Oc2ccc3c(c2)OC(B)(B)C(B)(B)O3)CCN(c2nn3c(=O)cc(C(F)(F)F)nc3cc2C)CC1. The van der Waals surface area contributed by atoms with Gasteiger partial charge in [-0.25, -0.2) is 4.98 Å². The predicted molar refractivity (Wildman–Crippen MR) is 150 cm³/mol. The molecule has 38 heavy (non-hydrogen) atoms. The van der Waals surface area contributed by atoms with Gasteiger partial charge in [-0.3, -0.25) is 4.79 Å². The minimum atomic E-state index is -4.71. The number of piperidine rings is 1. The van der Waals surface area contributed by atoms with Crippen molar-refractivity contribution in [1.82, 2.24) is 14.6 Å². The average Bonchev–Trinajstić information content (AvgIpc) is 2.79. The van der Waals surface area contributed by atoms with Crippen LogP contribution in [-0.4, -0.2) is 83.2 Å². The van der Waals surface area contributed by atoms with Crippen LogP contribution in [0.2, 0.25) is 0 Å². The molecule has 0 N–H and O–H groups in total. The number of fused-ring (bicyclic) bond motifs is 2. The number of hydrogen-bond acceptors (Lipinski definition) is 7. The zero-order chi connectivity index (χ0) is 27.7. The third kappa shape index (κ3) is 4.73. The molecular weight excluding hydrogens is 495 g/mol. The fourth-order valence-corrected chi connectivity index (χ4v) is 4.67. The van der Waals surface area contributed by atoms with Crippen LogP contribution in [0.5, 0.6) is 17.2 Å². The Morgan fingerprint density at radius 2 is 1.61 bits per heavy atom. The number of alkyl halides is 3. The number of benzene rings is 1. The molecule has 1 fully saturated rings. The first-order valence-corrected chi connectivity index (χ1v) is 12.5. The summed E-state index contributed by atoms with van der Waals surface area (Å²) < 4.78 is 59.0. The van der Waals surface area contributed by atoms with Crippen LogP contribution in [0.25, 0.3) is 5.65 Å². The molecule has 194 valence electrons. The summed E-state index contributed by atoms with van der Waals surface area (Å²) in [5.41, 5.74) is -2.06. The Hall–Kier alpha value is -3.18. The Bertz CT molecular complexity index is 1480. The Morgan fingerprint density at radius 3 is 2.24 bits per heavy atom. The van der Waals surface area contributed by atoms with Crippen molar-refractivity contribution in [3.63, 3.8) is 0 Å². The number of nitrogens with zero attached hydrogens (tertiary/aromatic N) is 4. The van der Waals surface area contributed by atoms with Crippen molar-refractivity contribution >= 4 is 50.7 Å². The molecule has 0 atom stereocenters. The van der Waals surface area contributed by atoms with Gasteiger partial charge in [0.2, 0.25) is 0 Å². The maximum Gasteiger partial charge on any atom is 0.433 e. The zero-order valence-electron chi connectivity index (χ0n) is 22.3. The Kier molecular flexibility index (Phi) is 6.03. The number of halogens is 3. The number of hydrogen-bond donors (Lipinski definition) is 0. The van der Waals surface area contributed by atoms with E-state index in [0.29, 0.717) is 60.6 Å². The molecule has 0 aliphatic carbocycles. The summed E-state index contributed by atoms with van der Waals surface area (Å²) in [6.45, 7) is 2.92. The van der Waals surface area contributed by atoms with Gasteiger partial charge >= 0.3 is 6.18 Å². The molecule has 2 aliphatic rings. The van der Waals surface area contributed by atoms with Crippen molar-refractivity contribution in [2.45, 2.75) is 42.2 Å². The number of aromatic nitrogens is 3. The molecule has 3 aromatic rings. The molecule has 0 unspecified atom stereocenters. The smallest absolute Gasteiger partial charge is 0.433 e. The molecule has 2 aliphatic heterocycles. The first-order valence-electron chi connectivity index (χ1n) is 12.5. The van der Waals surface area contributed by atoms with Crippen molar-refractivity contribution < 1.29 is 27.4 Å². The van der Waals surface area contributed by atoms with E-state index in [1.807, 2.05) is 62.3 Å². The van der Waals surface area contributed by atoms with Gasteiger partial charge in [-0.2, -0.15) is 17.7 Å². The maximum atomic E-state index is 13.1. The lowest BCUT2D eigenvalue weighted by atomic mass is 9.41. The molecule has 8 nitrogen and oxygen atoms in total. The van der Waals surface area contributed by atoms with Gasteiger partial charge in [0.05, 0.1) is 16.3 Å². The van der Waals surface area contributed by atoms with E-state index in [1.54, 1.807) is 6.92 Å². The molecule has 4 heterocycles. The molecule has 5 rings (SSSR count). The maximum absolute atomic E-state index is 13.1. The topological polar surface area (TPSA) is 78.2 Å². The van der Waals surface area contributed by atoms with Gasteiger partial charge in [0.1, 0.15) is 37.1 Å². The highest BCUT2D eigenvalue weighted by molar-refractivity contribution is 6.53. The molecule has 1 saturated heterocycles. The number of ether oxygens (including phenoxy) is 3. The highest BCUT2D eigenvalue weighted by Gasteiger charge is 2.44. The second-order valence-corrected chi connectivity index (χ2v) is 11.3. The summed E-state index contributed by atoms with van der Waals surface area (Å²) in [7, 11) is 10.0. The van der Waals surface area contributed by atoms with Crippen LogP contribution in [0, 0.1) is 6.92 Å². The van der Waals surface area contributed by atoms with E-state index in [4.69, 9.17) is 14.2 Å². The van der Waals surface area contributed by atoms with E-state index < -0.39 is 33.7 Å². The lowest BCUT2D eigenvalue weighted by Crippen LogP contribution is -2.65. The highest BCUT2D eigenvalue weighted by Crippen LogP contribution is 2.42. The first-order chi connectivity index (χ1) is 17.6. The standard InChI is InChI=1S/C22H26B5F3N4O4/c1-11-8-16-31-15(20(28,29)30)10-17(35)34(16)32-18(11)33-6-4-19(23,5-7-33)36-12-2-3-13-14(9-12)38-22(26,27)21(24,25)37-13/h2-3,8-10H,4-7,23-27H2,1H3. The second kappa shape index (κ2) is 8.67. The van der Waals surface area contributed by atoms with Crippen molar-refractivity contribution in [3.8, 4) is 17.2 Å². The Morgan fingerprint density at radius 1 is 0.974 bits per heavy atom. The minimum Gasteiger partial charge on any atom is -0.499 e. The molecule has 0 bridgehead atoms. The molecule has 1 aromatic carbocycles. The molecule has 2 aromatic heterocycles. The zero-order valence-corrected chi connectivity index (χ0v) is 22.3. The molecule has 0 spiro atoms. The monoisotopic (exact) mass is 522 g/mol. The van der Waals surface area contributed by atoms with Gasteiger partial charge in [-0.1, -0.05) is 0 Å². The minimum absolute atomic E-state index is 0.138. The molecule has 0 saturated carbocycles. The molecule has 16 heteroatoms. The summed E-state index contributed by atoms with van der Waals surface area (Å²) in [5.74, 6) is 2.52. The van der Waals surface area contributed by atoms with Crippen molar-refractivity contribution in [2.24, 2.45) is 0 Å². The first kappa shape index (κ1) is 26.4. The van der Waals surface area contributed by atoms with Crippen LogP contribution in [0.3, 0.4) is 0 Å². The third-order valence-electron chi connectivity index (χ3n) is 7.68. The lowest BCUT2D eigenvalue weighted by molar-refractivity contribution is -0.141.